The number of thiazole rings is 1. The first-order valence-electron chi connectivity index (χ1n) is 6.25. The number of aromatic nitrogens is 1. The number of hydrogen-bond donors (Lipinski definition) is 1. The molecule has 1 atom stereocenters. The maximum Gasteiger partial charge on any atom is 0.131 e. The lowest BCUT2D eigenvalue weighted by molar-refractivity contribution is 0.220. The van der Waals surface area contributed by atoms with E-state index in [2.05, 4.69) is 23.2 Å². The fourth-order valence-corrected chi connectivity index (χ4v) is 3.23. The molecule has 19 heavy (non-hydrogen) atoms. The van der Waals surface area contributed by atoms with E-state index in [0.717, 1.165) is 33.0 Å². The Kier molecular flexibility index (Phi) is 3.09. The average molecular weight is 269 g/mol. The summed E-state index contributed by atoms with van der Waals surface area (Å²) in [5.74, 6) is 0. The van der Waals surface area contributed by atoms with Crippen molar-refractivity contribution in [2.24, 2.45) is 0 Å². The van der Waals surface area contributed by atoms with Crippen LogP contribution in [-0.2, 0) is 0 Å². The third kappa shape index (κ3) is 2.15. The van der Waals surface area contributed by atoms with Crippen molar-refractivity contribution in [3.8, 4) is 11.1 Å². The molecule has 0 radical (unpaired) electrons. The average Bonchev–Trinajstić information content (AvgIpc) is 2.86. The zero-order valence-corrected chi connectivity index (χ0v) is 11.7. The van der Waals surface area contributed by atoms with Crippen LogP contribution in [0.3, 0.4) is 0 Å². The van der Waals surface area contributed by atoms with Gasteiger partial charge in [-0.3, -0.25) is 0 Å². The van der Waals surface area contributed by atoms with E-state index in [-0.39, 0.29) is 0 Å². The van der Waals surface area contributed by atoms with Gasteiger partial charge in [0.2, 0.25) is 0 Å². The summed E-state index contributed by atoms with van der Waals surface area (Å²) >= 11 is 1.51. The highest BCUT2D eigenvalue weighted by molar-refractivity contribution is 7.09. The second kappa shape index (κ2) is 4.76. The van der Waals surface area contributed by atoms with Crippen LogP contribution in [0.1, 0.15) is 27.9 Å². The van der Waals surface area contributed by atoms with Crippen LogP contribution in [0.2, 0.25) is 0 Å². The first-order chi connectivity index (χ1) is 9.16. The largest absolute Gasteiger partial charge is 0.381 e. The van der Waals surface area contributed by atoms with Crippen LogP contribution in [0, 0.1) is 13.8 Å². The quantitative estimate of drug-likeness (QED) is 0.764. The highest BCUT2D eigenvalue weighted by Crippen LogP contribution is 2.38. The number of fused-ring (bicyclic) bond motifs is 1. The SMILES string of the molecule is Cc1csc(C(O)c2c(C)cc3cccccc2-3)n1. The standard InChI is InChI=1S/C16H15NOS/c1-10-8-12-6-4-3-5-7-13(12)14(10)15(18)16-17-11(2)9-19-16/h3-9,15,18H,1-2H3. The van der Waals surface area contributed by atoms with Crippen LogP contribution in [-0.4, -0.2) is 10.1 Å². The van der Waals surface area contributed by atoms with Crippen LogP contribution in [0.15, 0.2) is 41.8 Å². The Bertz CT molecular complexity index is 689. The number of hydrogen-bond acceptors (Lipinski definition) is 3. The van der Waals surface area contributed by atoms with E-state index in [1.165, 1.54) is 11.3 Å². The molecular weight excluding hydrogens is 254 g/mol. The molecule has 1 aromatic rings. The van der Waals surface area contributed by atoms with Crippen LogP contribution >= 0.6 is 11.3 Å². The fraction of sp³-hybridized carbons (Fsp3) is 0.188. The molecule has 1 aromatic heterocycles. The molecule has 3 heteroatoms. The molecule has 3 rings (SSSR count). The fourth-order valence-electron chi connectivity index (χ4n) is 2.44. The maximum atomic E-state index is 10.6. The smallest absolute Gasteiger partial charge is 0.131 e. The van der Waals surface area contributed by atoms with Gasteiger partial charge in [-0.15, -0.1) is 11.3 Å². The van der Waals surface area contributed by atoms with Gasteiger partial charge in [-0.05, 0) is 36.1 Å². The first kappa shape index (κ1) is 12.3. The van der Waals surface area contributed by atoms with Gasteiger partial charge < -0.3 is 5.11 Å². The van der Waals surface area contributed by atoms with Gasteiger partial charge in [0.25, 0.3) is 0 Å². The highest BCUT2D eigenvalue weighted by atomic mass is 32.1. The van der Waals surface area contributed by atoms with E-state index >= 15 is 0 Å². The molecule has 2 aliphatic rings. The summed E-state index contributed by atoms with van der Waals surface area (Å²) in [5.41, 5.74) is 5.30. The molecule has 0 spiro atoms. The summed E-state index contributed by atoms with van der Waals surface area (Å²) in [6.45, 7) is 3.99. The number of aliphatic hydroxyl groups excluding tert-OH is 1. The second-order valence-corrected chi connectivity index (χ2v) is 5.64. The minimum absolute atomic E-state index is 0.640. The molecule has 2 aliphatic carbocycles. The van der Waals surface area contributed by atoms with Gasteiger partial charge in [0.1, 0.15) is 11.1 Å². The van der Waals surface area contributed by atoms with Crippen molar-refractivity contribution in [1.82, 2.24) is 4.98 Å². The van der Waals surface area contributed by atoms with Crippen molar-refractivity contribution in [3.05, 3.63) is 63.6 Å². The van der Waals surface area contributed by atoms with Crippen molar-refractivity contribution in [1.29, 1.82) is 0 Å². The molecule has 1 N–H and O–H groups in total. The zero-order chi connectivity index (χ0) is 13.4. The summed E-state index contributed by atoms with van der Waals surface area (Å²) in [6.07, 6.45) is -0.640. The molecule has 0 aromatic carbocycles. The lowest BCUT2D eigenvalue weighted by atomic mass is 10.0. The number of aliphatic hydroxyl groups is 1. The van der Waals surface area contributed by atoms with Gasteiger partial charge >= 0.3 is 0 Å². The molecule has 0 bridgehead atoms. The van der Waals surface area contributed by atoms with Crippen molar-refractivity contribution in [3.63, 3.8) is 0 Å². The Labute approximate surface area is 116 Å². The molecule has 0 aliphatic heterocycles. The third-order valence-corrected chi connectivity index (χ3v) is 4.32. The minimum Gasteiger partial charge on any atom is -0.381 e. The summed E-state index contributed by atoms with van der Waals surface area (Å²) < 4.78 is 0. The van der Waals surface area contributed by atoms with E-state index in [9.17, 15) is 5.11 Å². The lowest BCUT2D eigenvalue weighted by Crippen LogP contribution is -2.00. The van der Waals surface area contributed by atoms with Gasteiger partial charge in [0.05, 0.1) is 0 Å². The molecule has 0 saturated heterocycles. The molecule has 96 valence electrons. The first-order valence-corrected chi connectivity index (χ1v) is 7.13. The number of nitrogens with zero attached hydrogens (tertiary/aromatic N) is 1. The van der Waals surface area contributed by atoms with Crippen LogP contribution < -0.4 is 0 Å². The van der Waals surface area contributed by atoms with E-state index < -0.39 is 6.10 Å². The number of aryl methyl sites for hydroxylation is 2. The Morgan fingerprint density at radius 2 is 1.95 bits per heavy atom. The molecule has 1 heterocycles. The van der Waals surface area contributed by atoms with Gasteiger partial charge in [0, 0.05) is 11.1 Å². The van der Waals surface area contributed by atoms with Crippen LogP contribution in [0.4, 0.5) is 0 Å². The highest BCUT2D eigenvalue weighted by Gasteiger charge is 2.22. The molecule has 0 saturated carbocycles. The summed E-state index contributed by atoms with van der Waals surface area (Å²) in [7, 11) is 0. The molecule has 2 nitrogen and oxygen atoms in total. The predicted octanol–water partition coefficient (Wildman–Crippen LogP) is 3.95. The Morgan fingerprint density at radius 1 is 1.16 bits per heavy atom. The third-order valence-electron chi connectivity index (χ3n) is 3.30. The Morgan fingerprint density at radius 3 is 2.68 bits per heavy atom. The summed E-state index contributed by atoms with van der Waals surface area (Å²) in [6, 6.07) is 12.3. The maximum absolute atomic E-state index is 10.6. The van der Waals surface area contributed by atoms with Gasteiger partial charge in [-0.25, -0.2) is 4.98 Å². The monoisotopic (exact) mass is 269 g/mol. The van der Waals surface area contributed by atoms with Gasteiger partial charge in [0.15, 0.2) is 0 Å². The van der Waals surface area contributed by atoms with E-state index in [0.29, 0.717) is 0 Å². The second-order valence-electron chi connectivity index (χ2n) is 4.75. The molecule has 0 fully saturated rings. The summed E-state index contributed by atoms with van der Waals surface area (Å²) in [4.78, 5) is 4.40. The van der Waals surface area contributed by atoms with Crippen molar-refractivity contribution < 1.29 is 5.11 Å². The zero-order valence-electron chi connectivity index (χ0n) is 10.9. The van der Waals surface area contributed by atoms with Crippen LogP contribution in [0.25, 0.3) is 11.1 Å². The van der Waals surface area contributed by atoms with E-state index in [1.54, 1.807) is 0 Å². The van der Waals surface area contributed by atoms with Crippen molar-refractivity contribution >= 4 is 11.3 Å². The Balaban J connectivity index is 2.14. The predicted molar refractivity (Wildman–Crippen MR) is 78.7 cm³/mol. The summed E-state index contributed by atoms with van der Waals surface area (Å²) in [5, 5.41) is 13.3. The Hall–Kier alpha value is -1.71. The van der Waals surface area contributed by atoms with Crippen LogP contribution in [0.5, 0.6) is 0 Å². The number of rotatable bonds is 2. The van der Waals surface area contributed by atoms with Gasteiger partial charge in [-0.2, -0.15) is 0 Å². The lowest BCUT2D eigenvalue weighted by Gasteiger charge is -2.10. The normalized spacial score (nSPS) is 12.8. The molecule has 0 amide bonds. The minimum atomic E-state index is -0.640. The van der Waals surface area contributed by atoms with E-state index in [4.69, 9.17) is 0 Å². The topological polar surface area (TPSA) is 33.1 Å². The molecular formula is C16H15NOS. The van der Waals surface area contributed by atoms with Crippen molar-refractivity contribution in [2.45, 2.75) is 20.0 Å². The van der Waals surface area contributed by atoms with Gasteiger partial charge in [-0.1, -0.05) is 36.4 Å². The van der Waals surface area contributed by atoms with Crippen molar-refractivity contribution in [2.75, 3.05) is 0 Å². The van der Waals surface area contributed by atoms with E-state index in [1.807, 2.05) is 37.4 Å². The molecule has 1 unspecified atom stereocenters.